The Morgan fingerprint density at radius 2 is 1.80 bits per heavy atom. The SMILES string of the molecule is Cc1cccc(C(=O)c2cn(C)c(=O)n(C)c2=O)c1F. The number of hydrogen-bond acceptors (Lipinski definition) is 3. The summed E-state index contributed by atoms with van der Waals surface area (Å²) in [6, 6.07) is 4.39. The molecule has 0 unspecified atom stereocenters. The molecule has 1 heterocycles. The molecule has 1 aromatic heterocycles. The fourth-order valence-corrected chi connectivity index (χ4v) is 1.93. The van der Waals surface area contributed by atoms with E-state index in [0.29, 0.717) is 5.56 Å². The molecule has 2 aromatic rings. The predicted molar refractivity (Wildman–Crippen MR) is 71.5 cm³/mol. The summed E-state index contributed by atoms with van der Waals surface area (Å²) in [5, 5.41) is 0. The fraction of sp³-hybridized carbons (Fsp3) is 0.214. The van der Waals surface area contributed by atoms with Crippen LogP contribution in [0.25, 0.3) is 0 Å². The minimum atomic E-state index is -0.737. The molecule has 0 atom stereocenters. The molecule has 0 saturated heterocycles. The highest BCUT2D eigenvalue weighted by Gasteiger charge is 2.20. The molecule has 0 fully saturated rings. The van der Waals surface area contributed by atoms with Gasteiger partial charge in [-0.25, -0.2) is 9.18 Å². The maximum absolute atomic E-state index is 14.0. The van der Waals surface area contributed by atoms with Gasteiger partial charge >= 0.3 is 5.69 Å². The normalized spacial score (nSPS) is 10.6. The van der Waals surface area contributed by atoms with Crippen LogP contribution in [-0.4, -0.2) is 14.9 Å². The molecule has 0 aliphatic heterocycles. The predicted octanol–water partition coefficient (Wildman–Crippen LogP) is 0.763. The van der Waals surface area contributed by atoms with Gasteiger partial charge in [-0.15, -0.1) is 0 Å². The maximum atomic E-state index is 14.0. The first-order chi connectivity index (χ1) is 9.34. The summed E-state index contributed by atoms with van der Waals surface area (Å²) in [6.07, 6.45) is 1.13. The summed E-state index contributed by atoms with van der Waals surface area (Å²) in [4.78, 5) is 35.8. The molecule has 1 aromatic carbocycles. The van der Waals surface area contributed by atoms with Crippen LogP contribution in [0.2, 0.25) is 0 Å². The summed E-state index contributed by atoms with van der Waals surface area (Å²) in [5.74, 6) is -1.39. The number of ketones is 1. The minimum Gasteiger partial charge on any atom is -0.303 e. The maximum Gasteiger partial charge on any atom is 0.330 e. The Bertz CT molecular complexity index is 818. The third kappa shape index (κ3) is 2.09. The largest absolute Gasteiger partial charge is 0.330 e. The van der Waals surface area contributed by atoms with Gasteiger partial charge in [-0.1, -0.05) is 12.1 Å². The van der Waals surface area contributed by atoms with Gasteiger partial charge in [0.15, 0.2) is 0 Å². The average molecular weight is 276 g/mol. The molecule has 0 radical (unpaired) electrons. The van der Waals surface area contributed by atoms with Gasteiger partial charge in [0.2, 0.25) is 5.78 Å². The summed E-state index contributed by atoms with van der Waals surface area (Å²) in [7, 11) is 2.69. The van der Waals surface area contributed by atoms with Gasteiger partial charge in [-0.2, -0.15) is 0 Å². The molecular weight excluding hydrogens is 263 g/mol. The molecule has 0 aliphatic carbocycles. The van der Waals surface area contributed by atoms with Crippen LogP contribution in [0.15, 0.2) is 34.0 Å². The lowest BCUT2D eigenvalue weighted by Gasteiger charge is -2.07. The van der Waals surface area contributed by atoms with Gasteiger partial charge in [-0.3, -0.25) is 14.2 Å². The molecule has 104 valence electrons. The first-order valence-corrected chi connectivity index (χ1v) is 5.91. The number of nitrogens with zero attached hydrogens (tertiary/aromatic N) is 2. The number of hydrogen-bond donors (Lipinski definition) is 0. The Morgan fingerprint density at radius 3 is 2.45 bits per heavy atom. The number of carbonyl (C=O) groups is 1. The summed E-state index contributed by atoms with van der Waals surface area (Å²) in [6.45, 7) is 1.53. The monoisotopic (exact) mass is 276 g/mol. The molecule has 0 bridgehead atoms. The van der Waals surface area contributed by atoms with E-state index in [1.807, 2.05) is 0 Å². The van der Waals surface area contributed by atoms with Crippen LogP contribution in [0.4, 0.5) is 4.39 Å². The molecule has 0 aliphatic rings. The molecule has 0 spiro atoms. The van der Waals surface area contributed by atoms with Crippen LogP contribution >= 0.6 is 0 Å². The number of aryl methyl sites for hydroxylation is 2. The van der Waals surface area contributed by atoms with E-state index in [0.717, 1.165) is 15.3 Å². The molecular formula is C14H13FN2O3. The van der Waals surface area contributed by atoms with Crippen LogP contribution < -0.4 is 11.2 Å². The molecule has 0 amide bonds. The molecule has 20 heavy (non-hydrogen) atoms. The van der Waals surface area contributed by atoms with E-state index in [2.05, 4.69) is 0 Å². The van der Waals surface area contributed by atoms with Crippen LogP contribution in [0, 0.1) is 12.7 Å². The molecule has 0 N–H and O–H groups in total. The second kappa shape index (κ2) is 4.88. The Balaban J connectivity index is 2.70. The Morgan fingerprint density at radius 1 is 1.15 bits per heavy atom. The van der Waals surface area contributed by atoms with Crippen molar-refractivity contribution in [3.8, 4) is 0 Å². The third-order valence-corrected chi connectivity index (χ3v) is 3.13. The molecule has 0 saturated carbocycles. The third-order valence-electron chi connectivity index (χ3n) is 3.13. The smallest absolute Gasteiger partial charge is 0.303 e. The Labute approximate surface area is 113 Å². The van der Waals surface area contributed by atoms with Crippen LogP contribution in [0.3, 0.4) is 0 Å². The minimum absolute atomic E-state index is 0.180. The lowest BCUT2D eigenvalue weighted by Crippen LogP contribution is -2.39. The number of aromatic nitrogens is 2. The zero-order chi connectivity index (χ0) is 15.0. The van der Waals surface area contributed by atoms with E-state index >= 15 is 0 Å². The number of carbonyl (C=O) groups excluding carboxylic acids is 1. The lowest BCUT2D eigenvalue weighted by molar-refractivity contribution is 0.103. The number of rotatable bonds is 2. The zero-order valence-electron chi connectivity index (χ0n) is 11.3. The number of benzene rings is 1. The highest BCUT2D eigenvalue weighted by Crippen LogP contribution is 2.14. The van der Waals surface area contributed by atoms with Gasteiger partial charge in [0.1, 0.15) is 11.4 Å². The summed E-state index contributed by atoms with van der Waals surface area (Å²) >= 11 is 0. The van der Waals surface area contributed by atoms with Crippen molar-refractivity contribution in [3.63, 3.8) is 0 Å². The van der Waals surface area contributed by atoms with E-state index in [-0.39, 0.29) is 11.1 Å². The van der Waals surface area contributed by atoms with E-state index in [1.54, 1.807) is 0 Å². The van der Waals surface area contributed by atoms with E-state index < -0.39 is 22.8 Å². The van der Waals surface area contributed by atoms with Gasteiger partial charge in [0.05, 0.1) is 5.56 Å². The van der Waals surface area contributed by atoms with Crippen molar-refractivity contribution in [1.82, 2.24) is 9.13 Å². The molecule has 5 nitrogen and oxygen atoms in total. The van der Waals surface area contributed by atoms with Gasteiger partial charge < -0.3 is 4.57 Å². The van der Waals surface area contributed by atoms with Crippen molar-refractivity contribution >= 4 is 5.78 Å². The molecule has 2 rings (SSSR count). The van der Waals surface area contributed by atoms with Crippen LogP contribution in [-0.2, 0) is 14.1 Å². The van der Waals surface area contributed by atoms with E-state index in [1.165, 1.54) is 39.2 Å². The lowest BCUT2D eigenvalue weighted by atomic mass is 10.0. The average Bonchev–Trinajstić information content (AvgIpc) is 2.43. The highest BCUT2D eigenvalue weighted by atomic mass is 19.1. The standard InChI is InChI=1S/C14H13FN2O3/c1-8-5-4-6-9(11(8)15)12(18)10-7-16(2)14(20)17(3)13(10)19/h4-7H,1-3H3. The van der Waals surface area contributed by atoms with Crippen molar-refractivity contribution in [2.24, 2.45) is 14.1 Å². The first-order valence-electron chi connectivity index (χ1n) is 5.91. The quantitative estimate of drug-likeness (QED) is 0.761. The number of halogens is 1. The van der Waals surface area contributed by atoms with Gasteiger partial charge in [-0.05, 0) is 18.6 Å². The van der Waals surface area contributed by atoms with Gasteiger partial charge in [0.25, 0.3) is 5.56 Å². The van der Waals surface area contributed by atoms with Crippen molar-refractivity contribution in [3.05, 3.63) is 67.7 Å². The topological polar surface area (TPSA) is 61.1 Å². The summed E-state index contributed by atoms with van der Waals surface area (Å²) in [5.41, 5.74) is -1.38. The Hall–Kier alpha value is -2.50. The van der Waals surface area contributed by atoms with Crippen LogP contribution in [0.5, 0.6) is 0 Å². The Kier molecular flexibility index (Phi) is 3.40. The first kappa shape index (κ1) is 13.9. The van der Waals surface area contributed by atoms with Crippen molar-refractivity contribution in [1.29, 1.82) is 0 Å². The van der Waals surface area contributed by atoms with E-state index in [9.17, 15) is 18.8 Å². The second-order valence-corrected chi connectivity index (χ2v) is 4.57. The highest BCUT2D eigenvalue weighted by molar-refractivity contribution is 6.08. The van der Waals surface area contributed by atoms with E-state index in [4.69, 9.17) is 0 Å². The van der Waals surface area contributed by atoms with Crippen molar-refractivity contribution < 1.29 is 9.18 Å². The zero-order valence-corrected chi connectivity index (χ0v) is 11.3. The fourth-order valence-electron chi connectivity index (χ4n) is 1.93. The second-order valence-electron chi connectivity index (χ2n) is 4.57. The van der Waals surface area contributed by atoms with Gasteiger partial charge in [0, 0.05) is 20.3 Å². The van der Waals surface area contributed by atoms with Crippen molar-refractivity contribution in [2.75, 3.05) is 0 Å². The summed E-state index contributed by atoms with van der Waals surface area (Å²) < 4.78 is 15.9. The molecule has 6 heteroatoms. The van der Waals surface area contributed by atoms with Crippen LogP contribution in [0.1, 0.15) is 21.5 Å². The van der Waals surface area contributed by atoms with Crippen molar-refractivity contribution in [2.45, 2.75) is 6.92 Å².